The quantitative estimate of drug-likeness (QED) is 0.215. The molecule has 2 rings (SSSR count). The molecule has 7 heteroatoms. The molecular formula is C24H43NO4Si2. The van der Waals surface area contributed by atoms with E-state index in [9.17, 15) is 9.90 Å². The predicted octanol–water partition coefficient (Wildman–Crippen LogP) is 5.84. The second-order valence-corrected chi connectivity index (χ2v) is 22.2. The zero-order valence-corrected chi connectivity index (χ0v) is 23.0. The highest BCUT2D eigenvalue weighted by molar-refractivity contribution is 6.76. The summed E-state index contributed by atoms with van der Waals surface area (Å²) in [5.41, 5.74) is 0.142. The third-order valence-electron chi connectivity index (χ3n) is 6.75. The van der Waals surface area contributed by atoms with E-state index in [1.807, 2.05) is 25.3 Å². The molecule has 1 aliphatic rings. The first-order valence-electron chi connectivity index (χ1n) is 11.4. The summed E-state index contributed by atoms with van der Waals surface area (Å²) in [6.45, 7) is 21.0. The minimum Gasteiger partial charge on any atom is -0.410 e. The Labute approximate surface area is 191 Å². The Hall–Kier alpha value is -0.996. The number of aliphatic hydroxyl groups is 1. The molecule has 0 aromatic carbocycles. The molecule has 1 aromatic rings. The fraction of sp³-hybridized carbons (Fsp3) is 0.708. The van der Waals surface area contributed by atoms with Crippen molar-refractivity contribution in [1.29, 1.82) is 0 Å². The van der Waals surface area contributed by atoms with Crippen LogP contribution in [0.2, 0.25) is 43.8 Å². The van der Waals surface area contributed by atoms with Crippen LogP contribution in [0.5, 0.6) is 0 Å². The minimum atomic E-state index is -2.03. The van der Waals surface area contributed by atoms with Crippen molar-refractivity contribution in [3.8, 4) is 0 Å². The van der Waals surface area contributed by atoms with Crippen molar-refractivity contribution in [2.24, 2.45) is 0 Å². The van der Waals surface area contributed by atoms with Gasteiger partial charge in [-0.2, -0.15) is 0 Å². The van der Waals surface area contributed by atoms with Gasteiger partial charge < -0.3 is 18.8 Å². The van der Waals surface area contributed by atoms with Crippen molar-refractivity contribution < 1.29 is 19.1 Å². The number of aromatic nitrogens is 1. The smallest absolute Gasteiger partial charge is 0.211 e. The van der Waals surface area contributed by atoms with Crippen LogP contribution in [-0.4, -0.2) is 50.2 Å². The van der Waals surface area contributed by atoms with Gasteiger partial charge in [0, 0.05) is 33.7 Å². The maximum Gasteiger partial charge on any atom is 0.211 e. The summed E-state index contributed by atoms with van der Waals surface area (Å²) in [7, 11) is -3.19. The maximum absolute atomic E-state index is 13.4. The summed E-state index contributed by atoms with van der Waals surface area (Å²) < 4.78 is 14.2. The molecule has 2 atom stereocenters. The van der Waals surface area contributed by atoms with Crippen molar-refractivity contribution in [2.45, 2.75) is 103 Å². The van der Waals surface area contributed by atoms with Crippen molar-refractivity contribution in [1.82, 2.24) is 4.57 Å². The van der Waals surface area contributed by atoms with Gasteiger partial charge in [-0.05, 0) is 48.8 Å². The molecule has 0 saturated heterocycles. The third-order valence-corrected chi connectivity index (χ3v) is 12.9. The van der Waals surface area contributed by atoms with Crippen molar-refractivity contribution >= 4 is 22.2 Å². The first-order chi connectivity index (χ1) is 14.1. The lowest BCUT2D eigenvalue weighted by molar-refractivity contribution is 0.00330. The number of hydrogen-bond acceptors (Lipinski definition) is 4. The Morgan fingerprint density at radius 3 is 2.48 bits per heavy atom. The lowest BCUT2D eigenvalue weighted by Gasteiger charge is -2.43. The van der Waals surface area contributed by atoms with E-state index in [2.05, 4.69) is 53.5 Å². The number of rotatable bonds is 9. The van der Waals surface area contributed by atoms with Gasteiger partial charge in [0.05, 0.1) is 11.8 Å². The summed E-state index contributed by atoms with van der Waals surface area (Å²) in [5, 5.41) is 11.5. The lowest BCUT2D eigenvalue weighted by atomic mass is 9.80. The van der Waals surface area contributed by atoms with Crippen LogP contribution in [-0.2, 0) is 15.9 Å². The Kier molecular flexibility index (Phi) is 8.02. The van der Waals surface area contributed by atoms with E-state index in [1.165, 1.54) is 0 Å². The van der Waals surface area contributed by atoms with Crippen LogP contribution in [0.3, 0.4) is 0 Å². The van der Waals surface area contributed by atoms with Gasteiger partial charge >= 0.3 is 0 Å². The van der Waals surface area contributed by atoms with Crippen LogP contribution < -0.4 is 0 Å². The first kappa shape index (κ1) is 26.3. The largest absolute Gasteiger partial charge is 0.410 e. The fourth-order valence-corrected chi connectivity index (χ4v) is 5.47. The molecule has 5 nitrogen and oxygen atoms in total. The second-order valence-electron chi connectivity index (χ2n) is 11.8. The minimum absolute atomic E-state index is 0.0643. The average molecular weight is 466 g/mol. The van der Waals surface area contributed by atoms with E-state index >= 15 is 0 Å². The average Bonchev–Trinajstić information content (AvgIpc) is 3.07. The van der Waals surface area contributed by atoms with Gasteiger partial charge in [0.1, 0.15) is 12.3 Å². The van der Waals surface area contributed by atoms with Crippen LogP contribution >= 0.6 is 0 Å². The van der Waals surface area contributed by atoms with Gasteiger partial charge in [-0.1, -0.05) is 46.5 Å². The number of Topliss-reactive ketones (excluding diaryl/α,β-unsaturated/α-hetero) is 1. The molecule has 0 fully saturated rings. The first-order valence-corrected chi connectivity index (χ1v) is 18.0. The second kappa shape index (κ2) is 9.47. The van der Waals surface area contributed by atoms with Crippen LogP contribution in [0.25, 0.3) is 0 Å². The summed E-state index contributed by atoms with van der Waals surface area (Å²) >= 11 is 0. The monoisotopic (exact) mass is 465 g/mol. The Morgan fingerprint density at radius 2 is 1.90 bits per heavy atom. The highest BCUT2D eigenvalue weighted by Crippen LogP contribution is 2.41. The number of carbonyl (C=O) groups excluding carboxylic acids is 1. The summed E-state index contributed by atoms with van der Waals surface area (Å²) in [5.74, 6) is -0.251. The van der Waals surface area contributed by atoms with Gasteiger partial charge in [0.2, 0.25) is 5.78 Å². The molecule has 1 N–H and O–H groups in total. The highest BCUT2D eigenvalue weighted by atomic mass is 28.4. The number of hydrogen-bond donors (Lipinski definition) is 1. The van der Waals surface area contributed by atoms with Gasteiger partial charge in [-0.3, -0.25) is 4.79 Å². The normalized spacial score (nSPS) is 23.0. The number of ether oxygens (including phenoxy) is 1. The topological polar surface area (TPSA) is 60.7 Å². The van der Waals surface area contributed by atoms with Gasteiger partial charge in [-0.25, -0.2) is 0 Å². The van der Waals surface area contributed by atoms with E-state index < -0.39 is 22.0 Å². The maximum atomic E-state index is 13.4. The third kappa shape index (κ3) is 6.74. The summed E-state index contributed by atoms with van der Waals surface area (Å²) in [4.78, 5) is 13.4. The van der Waals surface area contributed by atoms with Crippen LogP contribution in [0.4, 0.5) is 0 Å². The molecule has 0 saturated carbocycles. The number of ketones is 1. The molecule has 1 heterocycles. The fourth-order valence-electron chi connectivity index (χ4n) is 3.38. The molecule has 0 bridgehead atoms. The molecular weight excluding hydrogens is 422 g/mol. The van der Waals surface area contributed by atoms with E-state index in [0.717, 1.165) is 11.6 Å². The van der Waals surface area contributed by atoms with Crippen molar-refractivity contribution in [2.75, 3.05) is 6.61 Å². The predicted molar refractivity (Wildman–Crippen MR) is 133 cm³/mol. The van der Waals surface area contributed by atoms with Gasteiger partial charge in [-0.15, -0.1) is 0 Å². The molecule has 1 aromatic heterocycles. The molecule has 31 heavy (non-hydrogen) atoms. The summed E-state index contributed by atoms with van der Waals surface area (Å²) in [6.07, 6.45) is 4.19. The van der Waals surface area contributed by atoms with E-state index in [0.29, 0.717) is 31.9 Å². The number of nitrogens with zero attached hydrogens (tertiary/aromatic N) is 1. The Bertz CT molecular complexity index is 801. The van der Waals surface area contributed by atoms with Gasteiger partial charge in [0.25, 0.3) is 0 Å². The Balaban J connectivity index is 2.13. The highest BCUT2D eigenvalue weighted by Gasteiger charge is 2.46. The van der Waals surface area contributed by atoms with E-state index in [1.54, 1.807) is 10.6 Å². The van der Waals surface area contributed by atoms with Gasteiger partial charge in [0.15, 0.2) is 8.32 Å². The summed E-state index contributed by atoms with van der Waals surface area (Å²) in [6, 6.07) is 4.70. The van der Waals surface area contributed by atoms with Crippen molar-refractivity contribution in [3.63, 3.8) is 0 Å². The molecule has 176 valence electrons. The standard InChI is InChI=1S/C24H43NO4Si2/c1-19-12-13-24(27,17-21(19)29-31(8,9)23(2,3)4)22(26)20-11-10-14-25(20)18-28-15-16-30(5,6)7/h10-12,14,21,27H,13,15-18H2,1-9H3/t21-,24+/m1/s1. The Morgan fingerprint density at radius 1 is 1.26 bits per heavy atom. The zero-order chi connectivity index (χ0) is 23.7. The molecule has 0 radical (unpaired) electrons. The van der Waals surface area contributed by atoms with Crippen LogP contribution in [0, 0.1) is 0 Å². The van der Waals surface area contributed by atoms with Crippen LogP contribution in [0.1, 0.15) is 51.0 Å². The molecule has 1 aliphatic carbocycles. The van der Waals surface area contributed by atoms with Crippen LogP contribution in [0.15, 0.2) is 30.0 Å². The molecule has 0 aliphatic heterocycles. The zero-order valence-electron chi connectivity index (χ0n) is 21.0. The van der Waals surface area contributed by atoms with E-state index in [4.69, 9.17) is 9.16 Å². The van der Waals surface area contributed by atoms with E-state index in [-0.39, 0.29) is 16.9 Å². The lowest BCUT2D eigenvalue weighted by Crippen LogP contribution is -2.50. The molecule has 0 amide bonds. The SMILES string of the molecule is CC1=CC[C@@](O)(C(=O)c2cccn2COCC[Si](C)(C)C)C[C@H]1O[Si](C)(C)C(C)(C)C. The molecule has 0 spiro atoms. The number of carbonyl (C=O) groups is 1. The van der Waals surface area contributed by atoms with Crippen molar-refractivity contribution in [3.05, 3.63) is 35.7 Å². The molecule has 0 unspecified atom stereocenters.